The topological polar surface area (TPSA) is 91.8 Å². The lowest BCUT2D eigenvalue weighted by atomic mass is 9.87. The number of carbonyl (C=O) groups is 1. The second kappa shape index (κ2) is 8.50. The van der Waals surface area contributed by atoms with Crippen LogP contribution < -0.4 is 5.32 Å². The van der Waals surface area contributed by atoms with Gasteiger partial charge in [-0.3, -0.25) is 4.79 Å². The molecular formula is C22H22N4O2S. The fourth-order valence-corrected chi connectivity index (χ4v) is 3.29. The number of aromatic nitrogens is 2. The molecule has 1 amide bonds. The van der Waals surface area contributed by atoms with Gasteiger partial charge in [0.25, 0.3) is 5.22 Å². The van der Waals surface area contributed by atoms with Crippen molar-refractivity contribution in [3.05, 3.63) is 59.7 Å². The van der Waals surface area contributed by atoms with Crippen molar-refractivity contribution < 1.29 is 9.21 Å². The molecule has 2 aromatic carbocycles. The van der Waals surface area contributed by atoms with Crippen LogP contribution in [-0.4, -0.2) is 21.4 Å². The number of anilines is 1. The molecule has 0 aliphatic heterocycles. The predicted octanol–water partition coefficient (Wildman–Crippen LogP) is 5.03. The zero-order valence-corrected chi connectivity index (χ0v) is 17.6. The van der Waals surface area contributed by atoms with Crippen LogP contribution in [0.3, 0.4) is 0 Å². The lowest BCUT2D eigenvalue weighted by Crippen LogP contribution is -2.22. The van der Waals surface area contributed by atoms with Gasteiger partial charge >= 0.3 is 0 Å². The summed E-state index contributed by atoms with van der Waals surface area (Å²) < 4.78 is 5.72. The molecule has 1 heterocycles. The molecule has 0 saturated carbocycles. The lowest BCUT2D eigenvalue weighted by molar-refractivity contribution is -0.115. The van der Waals surface area contributed by atoms with Crippen LogP contribution in [0.4, 0.5) is 5.69 Å². The number of thioether (sulfide) groups is 1. The first-order chi connectivity index (χ1) is 13.8. The normalized spacial score (nSPS) is 12.2. The number of hydrogen-bond acceptors (Lipinski definition) is 6. The Bertz CT molecular complexity index is 1050. The summed E-state index contributed by atoms with van der Waals surface area (Å²) in [6.45, 7) is 8.24. The number of nitrogens with one attached hydrogen (secondary N) is 1. The highest BCUT2D eigenvalue weighted by Gasteiger charge is 2.19. The summed E-state index contributed by atoms with van der Waals surface area (Å²) in [6, 6.07) is 16.8. The Hall–Kier alpha value is -3.11. The Balaban J connectivity index is 1.64. The molecule has 0 fully saturated rings. The summed E-state index contributed by atoms with van der Waals surface area (Å²) in [7, 11) is 0. The molecule has 1 atom stereocenters. The Kier molecular flexibility index (Phi) is 6.04. The van der Waals surface area contributed by atoms with E-state index < -0.39 is 5.25 Å². The van der Waals surface area contributed by atoms with Gasteiger partial charge in [-0.1, -0.05) is 50.7 Å². The monoisotopic (exact) mass is 406 g/mol. The van der Waals surface area contributed by atoms with Crippen molar-refractivity contribution in [1.82, 2.24) is 10.2 Å². The zero-order chi connectivity index (χ0) is 21.0. The third-order valence-electron chi connectivity index (χ3n) is 4.31. The van der Waals surface area contributed by atoms with E-state index in [1.54, 1.807) is 31.2 Å². The second-order valence-corrected chi connectivity index (χ2v) is 8.93. The minimum atomic E-state index is -0.447. The molecule has 6 nitrogen and oxygen atoms in total. The molecule has 0 bridgehead atoms. The van der Waals surface area contributed by atoms with Gasteiger partial charge in [-0.15, -0.1) is 10.2 Å². The van der Waals surface area contributed by atoms with Crippen molar-refractivity contribution in [3.63, 3.8) is 0 Å². The van der Waals surface area contributed by atoms with Gasteiger partial charge in [0.05, 0.1) is 16.9 Å². The van der Waals surface area contributed by atoms with Gasteiger partial charge in [0.2, 0.25) is 11.8 Å². The van der Waals surface area contributed by atoms with Crippen LogP contribution in [0.2, 0.25) is 0 Å². The van der Waals surface area contributed by atoms with E-state index in [0.717, 1.165) is 5.56 Å². The van der Waals surface area contributed by atoms with Gasteiger partial charge in [0.1, 0.15) is 0 Å². The summed E-state index contributed by atoms with van der Waals surface area (Å²) in [5.74, 6) is 0.210. The number of amides is 1. The largest absolute Gasteiger partial charge is 0.411 e. The fraction of sp³-hybridized carbons (Fsp3) is 0.273. The van der Waals surface area contributed by atoms with Crippen LogP contribution in [0.15, 0.2) is 58.2 Å². The van der Waals surface area contributed by atoms with Crippen molar-refractivity contribution in [2.45, 2.75) is 43.6 Å². The standard InChI is InChI=1S/C22H22N4O2S/c1-14(19(27)24-18-7-5-6-15(12-18)13-23)29-21-26-25-20(28-21)16-8-10-17(11-9-16)22(2,3)4/h5-12,14H,1-4H3,(H,24,27)/t14-/m1/s1. The van der Waals surface area contributed by atoms with Crippen LogP contribution >= 0.6 is 11.8 Å². The summed E-state index contributed by atoms with van der Waals surface area (Å²) in [5, 5.41) is 19.8. The van der Waals surface area contributed by atoms with E-state index in [1.165, 1.54) is 17.3 Å². The van der Waals surface area contributed by atoms with Crippen molar-refractivity contribution >= 4 is 23.4 Å². The molecule has 0 aliphatic carbocycles. The molecule has 1 aromatic heterocycles. The van der Waals surface area contributed by atoms with Crippen molar-refractivity contribution in [2.24, 2.45) is 0 Å². The SMILES string of the molecule is C[C@@H](Sc1nnc(-c2ccc(C(C)(C)C)cc2)o1)C(=O)Nc1cccc(C#N)c1. The number of nitrogens with zero attached hydrogens (tertiary/aromatic N) is 3. The zero-order valence-electron chi connectivity index (χ0n) is 16.8. The second-order valence-electron chi connectivity index (χ2n) is 7.64. The lowest BCUT2D eigenvalue weighted by Gasteiger charge is -2.18. The van der Waals surface area contributed by atoms with Crippen LogP contribution in [0.25, 0.3) is 11.5 Å². The van der Waals surface area contributed by atoms with E-state index in [-0.39, 0.29) is 11.3 Å². The maximum Gasteiger partial charge on any atom is 0.277 e. The van der Waals surface area contributed by atoms with Crippen LogP contribution in [0.5, 0.6) is 0 Å². The number of nitriles is 1. The number of benzene rings is 2. The van der Waals surface area contributed by atoms with Gasteiger partial charge in [0.15, 0.2) is 0 Å². The minimum absolute atomic E-state index is 0.0733. The fourth-order valence-electron chi connectivity index (χ4n) is 2.60. The van der Waals surface area contributed by atoms with Crippen LogP contribution in [0, 0.1) is 11.3 Å². The van der Waals surface area contributed by atoms with Crippen molar-refractivity contribution in [2.75, 3.05) is 5.32 Å². The van der Waals surface area contributed by atoms with Gasteiger partial charge in [-0.25, -0.2) is 0 Å². The van der Waals surface area contributed by atoms with Gasteiger partial charge in [-0.05, 0) is 48.2 Å². The predicted molar refractivity (Wildman–Crippen MR) is 114 cm³/mol. The summed E-state index contributed by atoms with van der Waals surface area (Å²) in [4.78, 5) is 12.4. The first-order valence-electron chi connectivity index (χ1n) is 9.18. The minimum Gasteiger partial charge on any atom is -0.411 e. The summed E-state index contributed by atoms with van der Waals surface area (Å²) >= 11 is 1.19. The van der Waals surface area contributed by atoms with Crippen molar-refractivity contribution in [1.29, 1.82) is 5.26 Å². The summed E-state index contributed by atoms with van der Waals surface area (Å²) in [6.07, 6.45) is 0. The molecule has 29 heavy (non-hydrogen) atoms. The average molecular weight is 407 g/mol. The highest BCUT2D eigenvalue weighted by Crippen LogP contribution is 2.29. The number of carbonyl (C=O) groups excluding carboxylic acids is 1. The molecule has 0 saturated heterocycles. The molecule has 0 radical (unpaired) electrons. The molecule has 3 rings (SSSR count). The number of rotatable bonds is 5. The summed E-state index contributed by atoms with van der Waals surface area (Å²) in [5.41, 5.74) is 3.20. The van der Waals surface area contributed by atoms with Gasteiger partial charge < -0.3 is 9.73 Å². The Morgan fingerprint density at radius 2 is 1.90 bits per heavy atom. The van der Waals surface area contributed by atoms with E-state index in [0.29, 0.717) is 22.4 Å². The first kappa shape index (κ1) is 20.6. The highest BCUT2D eigenvalue weighted by molar-refractivity contribution is 8.00. The Morgan fingerprint density at radius 3 is 2.55 bits per heavy atom. The van der Waals surface area contributed by atoms with Gasteiger partial charge in [-0.2, -0.15) is 5.26 Å². The molecule has 3 aromatic rings. The molecule has 0 aliphatic rings. The smallest absolute Gasteiger partial charge is 0.277 e. The average Bonchev–Trinajstić information content (AvgIpc) is 3.16. The van der Waals surface area contributed by atoms with Crippen LogP contribution in [0.1, 0.15) is 38.8 Å². The number of hydrogen-bond donors (Lipinski definition) is 1. The van der Waals surface area contributed by atoms with E-state index in [4.69, 9.17) is 9.68 Å². The highest BCUT2D eigenvalue weighted by atomic mass is 32.2. The molecule has 0 spiro atoms. The van der Waals surface area contributed by atoms with E-state index in [2.05, 4.69) is 48.4 Å². The third kappa shape index (κ3) is 5.24. The Labute approximate surface area is 174 Å². The quantitative estimate of drug-likeness (QED) is 0.598. The van der Waals surface area contributed by atoms with E-state index >= 15 is 0 Å². The van der Waals surface area contributed by atoms with Gasteiger partial charge in [0, 0.05) is 11.3 Å². The maximum atomic E-state index is 12.4. The molecule has 0 unspecified atom stereocenters. The van der Waals surface area contributed by atoms with E-state index in [1.807, 2.05) is 18.2 Å². The Morgan fingerprint density at radius 1 is 1.17 bits per heavy atom. The van der Waals surface area contributed by atoms with E-state index in [9.17, 15) is 4.79 Å². The maximum absolute atomic E-state index is 12.4. The molecule has 7 heteroatoms. The van der Waals surface area contributed by atoms with Crippen molar-refractivity contribution in [3.8, 4) is 17.5 Å². The molecular weight excluding hydrogens is 384 g/mol. The molecule has 1 N–H and O–H groups in total. The third-order valence-corrected chi connectivity index (χ3v) is 5.24. The molecule has 148 valence electrons. The first-order valence-corrected chi connectivity index (χ1v) is 10.1. The van der Waals surface area contributed by atoms with Crippen LogP contribution in [-0.2, 0) is 10.2 Å².